The van der Waals surface area contributed by atoms with Crippen molar-refractivity contribution in [1.82, 2.24) is 5.16 Å². The van der Waals surface area contributed by atoms with E-state index in [4.69, 9.17) is 18.7 Å². The van der Waals surface area contributed by atoms with E-state index in [1.54, 1.807) is 33.5 Å². The fraction of sp³-hybridized carbons (Fsp3) is 0.273. The summed E-state index contributed by atoms with van der Waals surface area (Å²) in [6.45, 7) is 0. The highest BCUT2D eigenvalue weighted by Gasteiger charge is 2.53. The number of hydrogen-bond acceptors (Lipinski definition) is 6. The summed E-state index contributed by atoms with van der Waals surface area (Å²) in [5, 5.41) is 7.15. The molecule has 0 spiro atoms. The number of methoxy groups -OCH3 is 3. The Bertz CT molecular complexity index is 1040. The molecule has 1 N–H and O–H groups in total. The molecule has 1 aromatic heterocycles. The molecular weight excluding hydrogens is 372 g/mol. The first kappa shape index (κ1) is 18.9. The molecule has 4 rings (SSSR count). The van der Waals surface area contributed by atoms with Gasteiger partial charge in [-0.05, 0) is 43.2 Å². The molecule has 1 heterocycles. The highest BCUT2D eigenvalue weighted by Crippen LogP contribution is 2.49. The summed E-state index contributed by atoms with van der Waals surface area (Å²) in [5.74, 6) is 2.39. The lowest BCUT2D eigenvalue weighted by molar-refractivity contribution is -0.118. The molecule has 0 atom stereocenters. The van der Waals surface area contributed by atoms with Crippen LogP contribution in [-0.2, 0) is 10.2 Å². The number of ether oxygens (including phenoxy) is 3. The van der Waals surface area contributed by atoms with Gasteiger partial charge in [-0.25, -0.2) is 0 Å². The number of benzene rings is 2. The Hall–Kier alpha value is -3.48. The second-order valence-electron chi connectivity index (χ2n) is 6.91. The van der Waals surface area contributed by atoms with Gasteiger partial charge in [-0.2, -0.15) is 0 Å². The maximum Gasteiger partial charge on any atom is 0.236 e. The fourth-order valence-corrected chi connectivity index (χ4v) is 3.30. The van der Waals surface area contributed by atoms with Crippen molar-refractivity contribution >= 4 is 11.6 Å². The molecule has 0 bridgehead atoms. The number of nitrogens with zero attached hydrogens (tertiary/aromatic N) is 1. The van der Waals surface area contributed by atoms with Crippen LogP contribution in [0.2, 0.25) is 0 Å². The maximum atomic E-state index is 13.0. The number of amides is 1. The van der Waals surface area contributed by atoms with E-state index < -0.39 is 5.41 Å². The average Bonchev–Trinajstić information content (AvgIpc) is 3.43. The van der Waals surface area contributed by atoms with Gasteiger partial charge in [0.2, 0.25) is 5.91 Å². The normalized spacial score (nSPS) is 14.2. The van der Waals surface area contributed by atoms with E-state index in [2.05, 4.69) is 10.5 Å². The van der Waals surface area contributed by atoms with E-state index in [1.807, 2.05) is 36.4 Å². The minimum Gasteiger partial charge on any atom is -0.497 e. The molecule has 1 fully saturated rings. The molecule has 0 radical (unpaired) electrons. The van der Waals surface area contributed by atoms with Crippen LogP contribution in [0.1, 0.15) is 18.5 Å². The largest absolute Gasteiger partial charge is 0.497 e. The maximum absolute atomic E-state index is 13.0. The topological polar surface area (TPSA) is 82.8 Å². The number of carbonyl (C=O) groups is 1. The molecule has 3 aromatic rings. The third-order valence-corrected chi connectivity index (χ3v) is 5.18. The van der Waals surface area contributed by atoms with Gasteiger partial charge in [0.05, 0.1) is 32.4 Å². The number of aromatic nitrogens is 1. The van der Waals surface area contributed by atoms with Crippen molar-refractivity contribution in [3.63, 3.8) is 0 Å². The van der Waals surface area contributed by atoms with Crippen LogP contribution in [0.15, 0.2) is 53.1 Å². The summed E-state index contributed by atoms with van der Waals surface area (Å²) in [5.41, 5.74) is 1.44. The van der Waals surface area contributed by atoms with Crippen molar-refractivity contribution in [3.05, 3.63) is 54.2 Å². The first-order chi connectivity index (χ1) is 14.1. The van der Waals surface area contributed by atoms with Crippen molar-refractivity contribution in [2.75, 3.05) is 26.6 Å². The summed E-state index contributed by atoms with van der Waals surface area (Å²) in [6, 6.07) is 14.6. The summed E-state index contributed by atoms with van der Waals surface area (Å²) in [7, 11) is 4.76. The van der Waals surface area contributed by atoms with Crippen LogP contribution in [0.3, 0.4) is 0 Å². The minimum atomic E-state index is -0.665. The Kier molecular flexibility index (Phi) is 4.88. The number of rotatable bonds is 7. The SMILES string of the molecule is COc1cccc(NC(=O)C2(c3cc(-c4ccc(OC)c(OC)c4)on3)CC2)c1. The van der Waals surface area contributed by atoms with Gasteiger partial charge < -0.3 is 24.1 Å². The van der Waals surface area contributed by atoms with Gasteiger partial charge in [-0.3, -0.25) is 4.79 Å². The second-order valence-corrected chi connectivity index (χ2v) is 6.91. The lowest BCUT2D eigenvalue weighted by atomic mass is 10.00. The highest BCUT2D eigenvalue weighted by molar-refractivity contribution is 6.01. The monoisotopic (exact) mass is 394 g/mol. The van der Waals surface area contributed by atoms with Gasteiger partial charge >= 0.3 is 0 Å². The molecule has 0 saturated heterocycles. The van der Waals surface area contributed by atoms with Crippen molar-refractivity contribution in [3.8, 4) is 28.6 Å². The van der Waals surface area contributed by atoms with Gasteiger partial charge in [0, 0.05) is 23.4 Å². The van der Waals surface area contributed by atoms with Crippen LogP contribution in [0.4, 0.5) is 5.69 Å². The average molecular weight is 394 g/mol. The number of anilines is 1. The Labute approximate surface area is 168 Å². The quantitative estimate of drug-likeness (QED) is 0.651. The summed E-state index contributed by atoms with van der Waals surface area (Å²) >= 11 is 0. The van der Waals surface area contributed by atoms with Crippen molar-refractivity contribution in [1.29, 1.82) is 0 Å². The third-order valence-electron chi connectivity index (χ3n) is 5.18. The Balaban J connectivity index is 1.56. The van der Waals surface area contributed by atoms with Gasteiger partial charge in [0.25, 0.3) is 0 Å². The smallest absolute Gasteiger partial charge is 0.236 e. The number of hydrogen-bond donors (Lipinski definition) is 1. The van der Waals surface area contributed by atoms with E-state index in [9.17, 15) is 4.79 Å². The molecule has 1 aliphatic rings. The Morgan fingerprint density at radius 3 is 2.48 bits per heavy atom. The molecule has 0 aliphatic heterocycles. The van der Waals surface area contributed by atoms with Crippen LogP contribution in [-0.4, -0.2) is 32.4 Å². The molecular formula is C22H22N2O5. The van der Waals surface area contributed by atoms with E-state index in [0.717, 1.165) is 18.4 Å². The summed E-state index contributed by atoms with van der Waals surface area (Å²) in [6.07, 6.45) is 1.45. The molecule has 7 heteroatoms. The standard InChI is InChI=1S/C22H22N2O5/c1-26-16-6-4-5-15(12-16)23-21(25)22(9-10-22)20-13-18(29-24-20)14-7-8-17(27-2)19(11-14)28-3/h4-8,11-13H,9-10H2,1-3H3,(H,23,25). The Morgan fingerprint density at radius 2 is 1.79 bits per heavy atom. The van der Waals surface area contributed by atoms with Crippen LogP contribution >= 0.6 is 0 Å². The van der Waals surface area contributed by atoms with Gasteiger partial charge in [-0.15, -0.1) is 0 Å². The fourth-order valence-electron chi connectivity index (χ4n) is 3.30. The highest BCUT2D eigenvalue weighted by atomic mass is 16.5. The first-order valence-electron chi connectivity index (χ1n) is 9.25. The predicted octanol–water partition coefficient (Wildman–Crippen LogP) is 4.04. The Morgan fingerprint density at radius 1 is 1.00 bits per heavy atom. The number of nitrogens with one attached hydrogen (secondary N) is 1. The molecule has 1 amide bonds. The summed E-state index contributed by atoms with van der Waals surface area (Å²) in [4.78, 5) is 13.0. The zero-order valence-corrected chi connectivity index (χ0v) is 16.5. The summed E-state index contributed by atoms with van der Waals surface area (Å²) < 4.78 is 21.4. The van der Waals surface area contributed by atoms with Gasteiger partial charge in [-0.1, -0.05) is 11.2 Å². The van der Waals surface area contributed by atoms with Crippen molar-refractivity contribution in [2.24, 2.45) is 0 Å². The molecule has 150 valence electrons. The molecule has 0 unspecified atom stereocenters. The first-order valence-corrected chi connectivity index (χ1v) is 9.25. The van der Waals surface area contributed by atoms with Crippen LogP contribution in [0.25, 0.3) is 11.3 Å². The zero-order chi connectivity index (χ0) is 20.4. The van der Waals surface area contributed by atoms with Gasteiger partial charge in [0.15, 0.2) is 17.3 Å². The molecule has 1 aliphatic carbocycles. The minimum absolute atomic E-state index is 0.0992. The van der Waals surface area contributed by atoms with E-state index in [-0.39, 0.29) is 5.91 Å². The third kappa shape index (κ3) is 3.51. The van der Waals surface area contributed by atoms with Crippen molar-refractivity contribution in [2.45, 2.75) is 18.3 Å². The predicted molar refractivity (Wildman–Crippen MR) is 108 cm³/mol. The van der Waals surface area contributed by atoms with E-state index in [0.29, 0.717) is 34.4 Å². The van der Waals surface area contributed by atoms with Crippen LogP contribution < -0.4 is 19.5 Å². The van der Waals surface area contributed by atoms with Crippen LogP contribution in [0, 0.1) is 0 Å². The van der Waals surface area contributed by atoms with Crippen molar-refractivity contribution < 1.29 is 23.5 Å². The van der Waals surface area contributed by atoms with E-state index >= 15 is 0 Å². The lowest BCUT2D eigenvalue weighted by Crippen LogP contribution is -2.28. The number of carbonyl (C=O) groups excluding carboxylic acids is 1. The van der Waals surface area contributed by atoms with Crippen LogP contribution in [0.5, 0.6) is 17.2 Å². The van der Waals surface area contributed by atoms with E-state index in [1.165, 1.54) is 0 Å². The zero-order valence-electron chi connectivity index (χ0n) is 16.5. The second kappa shape index (κ2) is 7.50. The molecule has 29 heavy (non-hydrogen) atoms. The molecule has 1 saturated carbocycles. The molecule has 7 nitrogen and oxygen atoms in total. The lowest BCUT2D eigenvalue weighted by Gasteiger charge is -2.13. The van der Waals surface area contributed by atoms with Gasteiger partial charge in [0.1, 0.15) is 5.75 Å². The molecule has 2 aromatic carbocycles.